The standard InChI is InChI=1S/C13H18O/c1-14-13-9-7-12(8-10-13)11-5-3-2-4-6-11/h2-6,12-13H,7-10H2,1H3/t12-,13+. The molecule has 0 N–H and O–H groups in total. The number of benzene rings is 1. The summed E-state index contributed by atoms with van der Waals surface area (Å²) in [6, 6.07) is 10.9. The zero-order chi connectivity index (χ0) is 9.80. The van der Waals surface area contributed by atoms with Crippen molar-refractivity contribution in [2.45, 2.75) is 37.7 Å². The van der Waals surface area contributed by atoms with E-state index in [4.69, 9.17) is 4.74 Å². The second-order valence-corrected chi connectivity index (χ2v) is 4.12. The van der Waals surface area contributed by atoms with Crippen LogP contribution in [0.1, 0.15) is 37.2 Å². The van der Waals surface area contributed by atoms with Crippen molar-refractivity contribution < 1.29 is 4.74 Å². The molecule has 0 spiro atoms. The topological polar surface area (TPSA) is 9.23 Å². The molecule has 1 aromatic rings. The second kappa shape index (κ2) is 4.61. The Labute approximate surface area is 86.1 Å². The maximum absolute atomic E-state index is 5.38. The van der Waals surface area contributed by atoms with Crippen molar-refractivity contribution in [3.05, 3.63) is 35.9 Å². The molecule has 0 saturated heterocycles. The summed E-state index contributed by atoms with van der Waals surface area (Å²) in [6.45, 7) is 0. The van der Waals surface area contributed by atoms with E-state index in [0.29, 0.717) is 6.10 Å². The Bertz CT molecular complexity index is 260. The Balaban J connectivity index is 1.96. The molecule has 0 radical (unpaired) electrons. The van der Waals surface area contributed by atoms with Crippen LogP contribution in [0.25, 0.3) is 0 Å². The van der Waals surface area contributed by atoms with Crippen LogP contribution in [0, 0.1) is 0 Å². The van der Waals surface area contributed by atoms with Crippen molar-refractivity contribution in [3.8, 4) is 0 Å². The third-order valence-electron chi connectivity index (χ3n) is 3.28. The molecule has 76 valence electrons. The summed E-state index contributed by atoms with van der Waals surface area (Å²) >= 11 is 0. The molecule has 0 heterocycles. The van der Waals surface area contributed by atoms with Gasteiger partial charge in [-0.15, -0.1) is 0 Å². The Morgan fingerprint density at radius 1 is 1.00 bits per heavy atom. The summed E-state index contributed by atoms with van der Waals surface area (Å²) in [7, 11) is 1.83. The fourth-order valence-corrected chi connectivity index (χ4v) is 2.36. The minimum absolute atomic E-state index is 0.509. The Morgan fingerprint density at radius 2 is 1.64 bits per heavy atom. The number of methoxy groups -OCH3 is 1. The summed E-state index contributed by atoms with van der Waals surface area (Å²) in [5.41, 5.74) is 1.50. The Morgan fingerprint density at radius 3 is 2.21 bits per heavy atom. The largest absolute Gasteiger partial charge is 0.381 e. The normalized spacial score (nSPS) is 27.5. The van der Waals surface area contributed by atoms with Gasteiger partial charge < -0.3 is 4.74 Å². The van der Waals surface area contributed by atoms with Crippen molar-refractivity contribution in [2.24, 2.45) is 0 Å². The first kappa shape index (κ1) is 9.72. The highest BCUT2D eigenvalue weighted by atomic mass is 16.5. The van der Waals surface area contributed by atoms with E-state index in [1.807, 2.05) is 7.11 Å². The monoisotopic (exact) mass is 190 g/mol. The molecule has 1 fully saturated rings. The van der Waals surface area contributed by atoms with E-state index in [1.165, 1.54) is 31.2 Å². The van der Waals surface area contributed by atoms with Gasteiger partial charge in [-0.25, -0.2) is 0 Å². The molecular weight excluding hydrogens is 172 g/mol. The summed E-state index contributed by atoms with van der Waals surface area (Å²) in [4.78, 5) is 0. The van der Waals surface area contributed by atoms with Crippen LogP contribution in [0.3, 0.4) is 0 Å². The number of hydrogen-bond acceptors (Lipinski definition) is 1. The number of rotatable bonds is 2. The van der Waals surface area contributed by atoms with E-state index < -0.39 is 0 Å². The smallest absolute Gasteiger partial charge is 0.0571 e. The van der Waals surface area contributed by atoms with E-state index in [9.17, 15) is 0 Å². The van der Waals surface area contributed by atoms with Crippen LogP contribution in [0.2, 0.25) is 0 Å². The van der Waals surface area contributed by atoms with E-state index >= 15 is 0 Å². The van der Waals surface area contributed by atoms with Crippen molar-refractivity contribution in [1.29, 1.82) is 0 Å². The lowest BCUT2D eigenvalue weighted by Crippen LogP contribution is -2.19. The summed E-state index contributed by atoms with van der Waals surface area (Å²) in [5.74, 6) is 0.766. The number of ether oxygens (including phenoxy) is 1. The predicted octanol–water partition coefficient (Wildman–Crippen LogP) is 3.36. The van der Waals surface area contributed by atoms with E-state index in [1.54, 1.807) is 0 Å². The molecule has 1 heteroatoms. The highest BCUT2D eigenvalue weighted by Gasteiger charge is 2.21. The first-order valence-corrected chi connectivity index (χ1v) is 5.48. The van der Waals surface area contributed by atoms with Crippen LogP contribution in [-0.2, 0) is 4.74 Å². The fourth-order valence-electron chi connectivity index (χ4n) is 2.36. The van der Waals surface area contributed by atoms with Gasteiger partial charge in [-0.2, -0.15) is 0 Å². The predicted molar refractivity (Wildman–Crippen MR) is 58.4 cm³/mol. The Kier molecular flexibility index (Phi) is 3.20. The van der Waals surface area contributed by atoms with Crippen LogP contribution in [-0.4, -0.2) is 13.2 Å². The zero-order valence-electron chi connectivity index (χ0n) is 8.78. The molecule has 0 unspecified atom stereocenters. The van der Waals surface area contributed by atoms with Gasteiger partial charge in [-0.05, 0) is 37.2 Å². The lowest BCUT2D eigenvalue weighted by Gasteiger charge is -2.27. The molecule has 0 aromatic heterocycles. The lowest BCUT2D eigenvalue weighted by molar-refractivity contribution is 0.0659. The highest BCUT2D eigenvalue weighted by Crippen LogP contribution is 2.33. The Hall–Kier alpha value is -0.820. The molecule has 0 bridgehead atoms. The van der Waals surface area contributed by atoms with Gasteiger partial charge in [0.2, 0.25) is 0 Å². The minimum atomic E-state index is 0.509. The van der Waals surface area contributed by atoms with Crippen LogP contribution in [0.15, 0.2) is 30.3 Å². The first-order chi connectivity index (χ1) is 6.90. The maximum Gasteiger partial charge on any atom is 0.0571 e. The first-order valence-electron chi connectivity index (χ1n) is 5.48. The van der Waals surface area contributed by atoms with Crippen LogP contribution >= 0.6 is 0 Å². The second-order valence-electron chi connectivity index (χ2n) is 4.12. The quantitative estimate of drug-likeness (QED) is 0.695. The van der Waals surface area contributed by atoms with Crippen LogP contribution in [0.4, 0.5) is 0 Å². The van der Waals surface area contributed by atoms with Gasteiger partial charge in [0.1, 0.15) is 0 Å². The van der Waals surface area contributed by atoms with Gasteiger partial charge in [-0.1, -0.05) is 30.3 Å². The van der Waals surface area contributed by atoms with E-state index in [2.05, 4.69) is 30.3 Å². The van der Waals surface area contributed by atoms with Gasteiger partial charge in [0.25, 0.3) is 0 Å². The maximum atomic E-state index is 5.38. The lowest BCUT2D eigenvalue weighted by atomic mass is 9.83. The van der Waals surface area contributed by atoms with Gasteiger partial charge in [-0.3, -0.25) is 0 Å². The average Bonchev–Trinajstić information content (AvgIpc) is 2.30. The molecule has 1 saturated carbocycles. The third kappa shape index (κ3) is 2.16. The zero-order valence-corrected chi connectivity index (χ0v) is 8.78. The highest BCUT2D eigenvalue weighted by molar-refractivity contribution is 5.19. The molecule has 14 heavy (non-hydrogen) atoms. The molecule has 0 amide bonds. The van der Waals surface area contributed by atoms with Gasteiger partial charge in [0, 0.05) is 7.11 Å². The molecule has 1 aliphatic rings. The summed E-state index contributed by atoms with van der Waals surface area (Å²) < 4.78 is 5.38. The van der Waals surface area contributed by atoms with Crippen LogP contribution in [0.5, 0.6) is 0 Å². The molecule has 1 aliphatic carbocycles. The molecule has 1 aromatic carbocycles. The molecule has 0 aliphatic heterocycles. The minimum Gasteiger partial charge on any atom is -0.381 e. The fraction of sp³-hybridized carbons (Fsp3) is 0.538. The van der Waals surface area contributed by atoms with Crippen molar-refractivity contribution in [3.63, 3.8) is 0 Å². The summed E-state index contributed by atoms with van der Waals surface area (Å²) in [5, 5.41) is 0. The van der Waals surface area contributed by atoms with Crippen LogP contribution < -0.4 is 0 Å². The third-order valence-corrected chi connectivity index (χ3v) is 3.28. The van der Waals surface area contributed by atoms with Gasteiger partial charge in [0.15, 0.2) is 0 Å². The van der Waals surface area contributed by atoms with Crippen molar-refractivity contribution in [1.82, 2.24) is 0 Å². The van der Waals surface area contributed by atoms with E-state index in [-0.39, 0.29) is 0 Å². The molecule has 1 nitrogen and oxygen atoms in total. The van der Waals surface area contributed by atoms with Gasteiger partial charge >= 0.3 is 0 Å². The van der Waals surface area contributed by atoms with Crippen molar-refractivity contribution >= 4 is 0 Å². The molecule has 0 atom stereocenters. The average molecular weight is 190 g/mol. The SMILES string of the molecule is CO[C@H]1CC[C@@H](c2ccccc2)CC1. The summed E-state index contributed by atoms with van der Waals surface area (Å²) in [6.07, 6.45) is 5.51. The number of hydrogen-bond donors (Lipinski definition) is 0. The van der Waals surface area contributed by atoms with Gasteiger partial charge in [0.05, 0.1) is 6.10 Å². The molecular formula is C13H18O. The van der Waals surface area contributed by atoms with Crippen molar-refractivity contribution in [2.75, 3.05) is 7.11 Å². The van der Waals surface area contributed by atoms with E-state index in [0.717, 1.165) is 5.92 Å². The molecule has 2 rings (SSSR count).